The van der Waals surface area contributed by atoms with E-state index in [2.05, 4.69) is 5.32 Å². The van der Waals surface area contributed by atoms with Crippen molar-refractivity contribution in [3.8, 4) is 11.5 Å². The molecule has 0 saturated heterocycles. The Labute approximate surface area is 137 Å². The van der Waals surface area contributed by atoms with Crippen LogP contribution in [0.5, 0.6) is 11.5 Å². The molecule has 0 aliphatic carbocycles. The molecule has 4 heteroatoms. The maximum atomic E-state index is 11.8. The van der Waals surface area contributed by atoms with Crippen LogP contribution in [0.25, 0.3) is 0 Å². The van der Waals surface area contributed by atoms with E-state index in [9.17, 15) is 4.79 Å². The molecule has 122 valence electrons. The molecule has 1 amide bonds. The van der Waals surface area contributed by atoms with Gasteiger partial charge < -0.3 is 14.8 Å². The van der Waals surface area contributed by atoms with E-state index in [0.29, 0.717) is 13.2 Å². The Hall–Kier alpha value is -2.49. The first-order valence-corrected chi connectivity index (χ1v) is 7.71. The molecule has 0 heterocycles. The highest BCUT2D eigenvalue weighted by Crippen LogP contribution is 2.21. The fourth-order valence-corrected chi connectivity index (χ4v) is 2.21. The van der Waals surface area contributed by atoms with Crippen LogP contribution in [0.4, 0.5) is 0 Å². The smallest absolute Gasteiger partial charge is 0.258 e. The van der Waals surface area contributed by atoms with Gasteiger partial charge in [-0.05, 0) is 44.0 Å². The summed E-state index contributed by atoms with van der Waals surface area (Å²) in [5, 5.41) is 2.78. The monoisotopic (exact) mass is 313 g/mol. The van der Waals surface area contributed by atoms with Crippen LogP contribution in [-0.2, 0) is 4.79 Å². The lowest BCUT2D eigenvalue weighted by atomic mass is 10.1. The van der Waals surface area contributed by atoms with Crippen LogP contribution in [0.3, 0.4) is 0 Å². The number of para-hydroxylation sites is 1. The first-order valence-electron chi connectivity index (χ1n) is 7.71. The number of nitrogens with one attached hydrogen (secondary N) is 1. The lowest BCUT2D eigenvalue weighted by molar-refractivity contribution is -0.123. The molecular formula is C19H23NO3. The van der Waals surface area contributed by atoms with Gasteiger partial charge in [-0.1, -0.05) is 35.9 Å². The molecule has 0 bridgehead atoms. The molecule has 0 aromatic heterocycles. The van der Waals surface area contributed by atoms with E-state index in [4.69, 9.17) is 9.47 Å². The second-order valence-electron chi connectivity index (χ2n) is 5.52. The first kappa shape index (κ1) is 16.9. The fourth-order valence-electron chi connectivity index (χ4n) is 2.21. The van der Waals surface area contributed by atoms with Crippen molar-refractivity contribution >= 4 is 5.91 Å². The van der Waals surface area contributed by atoms with Crippen LogP contribution in [0, 0.1) is 20.8 Å². The van der Waals surface area contributed by atoms with Crippen molar-refractivity contribution < 1.29 is 14.3 Å². The summed E-state index contributed by atoms with van der Waals surface area (Å²) in [7, 11) is 0. The molecule has 2 rings (SSSR count). The molecule has 0 unspecified atom stereocenters. The van der Waals surface area contributed by atoms with Gasteiger partial charge in [0, 0.05) is 0 Å². The van der Waals surface area contributed by atoms with Gasteiger partial charge in [-0.15, -0.1) is 0 Å². The van der Waals surface area contributed by atoms with Crippen LogP contribution >= 0.6 is 0 Å². The van der Waals surface area contributed by atoms with Crippen LogP contribution in [0.2, 0.25) is 0 Å². The number of aryl methyl sites for hydroxylation is 3. The number of hydrogen-bond acceptors (Lipinski definition) is 3. The third-order valence-corrected chi connectivity index (χ3v) is 3.47. The zero-order valence-electron chi connectivity index (χ0n) is 13.9. The summed E-state index contributed by atoms with van der Waals surface area (Å²) in [5.41, 5.74) is 3.25. The zero-order valence-corrected chi connectivity index (χ0v) is 13.9. The molecule has 0 fully saturated rings. The van der Waals surface area contributed by atoms with Crippen molar-refractivity contribution in [1.29, 1.82) is 0 Å². The van der Waals surface area contributed by atoms with Gasteiger partial charge in [-0.2, -0.15) is 0 Å². The van der Waals surface area contributed by atoms with Gasteiger partial charge in [0.15, 0.2) is 6.61 Å². The summed E-state index contributed by atoms with van der Waals surface area (Å²) in [6, 6.07) is 13.7. The van der Waals surface area contributed by atoms with Crippen LogP contribution < -0.4 is 14.8 Å². The summed E-state index contributed by atoms with van der Waals surface area (Å²) >= 11 is 0. The molecule has 0 radical (unpaired) electrons. The van der Waals surface area contributed by atoms with Gasteiger partial charge in [0.1, 0.15) is 18.1 Å². The lowest BCUT2D eigenvalue weighted by Gasteiger charge is -2.12. The Bertz CT molecular complexity index is 630. The maximum absolute atomic E-state index is 11.8. The molecular weight excluding hydrogens is 290 g/mol. The summed E-state index contributed by atoms with van der Waals surface area (Å²) in [4.78, 5) is 11.8. The minimum atomic E-state index is -0.153. The third-order valence-electron chi connectivity index (χ3n) is 3.47. The minimum Gasteiger partial charge on any atom is -0.492 e. The molecule has 23 heavy (non-hydrogen) atoms. The van der Waals surface area contributed by atoms with Crippen molar-refractivity contribution in [2.24, 2.45) is 0 Å². The van der Waals surface area contributed by atoms with Crippen LogP contribution in [0.15, 0.2) is 42.5 Å². The van der Waals surface area contributed by atoms with Crippen molar-refractivity contribution in [3.05, 3.63) is 59.2 Å². The number of rotatable bonds is 7. The van der Waals surface area contributed by atoms with Gasteiger partial charge in [0.2, 0.25) is 0 Å². The largest absolute Gasteiger partial charge is 0.492 e. The molecule has 0 spiro atoms. The van der Waals surface area contributed by atoms with E-state index in [0.717, 1.165) is 22.6 Å². The van der Waals surface area contributed by atoms with Gasteiger partial charge in [0.05, 0.1) is 6.54 Å². The molecule has 2 aromatic carbocycles. The van der Waals surface area contributed by atoms with Crippen molar-refractivity contribution in [1.82, 2.24) is 5.32 Å². The Morgan fingerprint density at radius 1 is 0.957 bits per heavy atom. The third kappa shape index (κ3) is 5.33. The lowest BCUT2D eigenvalue weighted by Crippen LogP contribution is -2.32. The van der Waals surface area contributed by atoms with E-state index < -0.39 is 0 Å². The van der Waals surface area contributed by atoms with Crippen molar-refractivity contribution in [2.45, 2.75) is 20.8 Å². The highest BCUT2D eigenvalue weighted by Gasteiger charge is 2.06. The van der Waals surface area contributed by atoms with Gasteiger partial charge in [-0.3, -0.25) is 4.79 Å². The van der Waals surface area contributed by atoms with Crippen LogP contribution in [0.1, 0.15) is 16.7 Å². The number of ether oxygens (including phenoxy) is 2. The normalized spacial score (nSPS) is 10.2. The first-order chi connectivity index (χ1) is 11.1. The number of hydrogen-bond donors (Lipinski definition) is 1. The predicted octanol–water partition coefficient (Wildman–Crippen LogP) is 3.19. The molecule has 0 saturated carbocycles. The molecule has 4 nitrogen and oxygen atoms in total. The Morgan fingerprint density at radius 3 is 2.26 bits per heavy atom. The second-order valence-corrected chi connectivity index (χ2v) is 5.52. The Balaban J connectivity index is 1.68. The molecule has 1 N–H and O–H groups in total. The van der Waals surface area contributed by atoms with E-state index in [1.165, 1.54) is 5.56 Å². The summed E-state index contributed by atoms with van der Waals surface area (Å²) in [6.45, 7) is 6.85. The average molecular weight is 313 g/mol. The van der Waals surface area contributed by atoms with E-state index in [-0.39, 0.29) is 12.5 Å². The minimum absolute atomic E-state index is 0.0101. The highest BCUT2D eigenvalue weighted by atomic mass is 16.5. The SMILES string of the molecule is Cc1ccc(OCCNC(=O)COc2c(C)cccc2C)cc1. The predicted molar refractivity (Wildman–Crippen MR) is 91.1 cm³/mol. The number of benzene rings is 2. The van der Waals surface area contributed by atoms with Gasteiger partial charge in [0.25, 0.3) is 5.91 Å². The van der Waals surface area contributed by atoms with E-state index >= 15 is 0 Å². The molecule has 2 aromatic rings. The van der Waals surface area contributed by atoms with Crippen LogP contribution in [-0.4, -0.2) is 25.7 Å². The molecule has 0 atom stereocenters. The second kappa shape index (κ2) is 8.22. The Kier molecular flexibility index (Phi) is 6.03. The fraction of sp³-hybridized carbons (Fsp3) is 0.316. The van der Waals surface area contributed by atoms with Gasteiger partial charge >= 0.3 is 0 Å². The zero-order chi connectivity index (χ0) is 16.7. The Morgan fingerprint density at radius 2 is 1.61 bits per heavy atom. The quantitative estimate of drug-likeness (QED) is 0.799. The van der Waals surface area contributed by atoms with E-state index in [1.807, 2.05) is 63.2 Å². The summed E-state index contributed by atoms with van der Waals surface area (Å²) in [5.74, 6) is 1.43. The number of carbonyl (C=O) groups is 1. The van der Waals surface area contributed by atoms with Crippen molar-refractivity contribution in [2.75, 3.05) is 19.8 Å². The number of carbonyl (C=O) groups excluding carboxylic acids is 1. The summed E-state index contributed by atoms with van der Waals surface area (Å²) in [6.07, 6.45) is 0. The maximum Gasteiger partial charge on any atom is 0.258 e. The molecule has 0 aliphatic rings. The number of amides is 1. The van der Waals surface area contributed by atoms with Crippen molar-refractivity contribution in [3.63, 3.8) is 0 Å². The molecule has 0 aliphatic heterocycles. The average Bonchev–Trinajstić information content (AvgIpc) is 2.53. The highest BCUT2D eigenvalue weighted by molar-refractivity contribution is 5.77. The standard InChI is InChI=1S/C19H23NO3/c1-14-7-9-17(10-8-14)22-12-11-20-18(21)13-23-19-15(2)5-4-6-16(19)3/h4-10H,11-13H2,1-3H3,(H,20,21). The van der Waals surface area contributed by atoms with Gasteiger partial charge in [-0.25, -0.2) is 0 Å². The topological polar surface area (TPSA) is 47.6 Å². The van der Waals surface area contributed by atoms with E-state index in [1.54, 1.807) is 0 Å². The summed E-state index contributed by atoms with van der Waals surface area (Å²) < 4.78 is 11.2.